The normalized spacial score (nSPS) is 12.3. The minimum Gasteiger partial charge on any atom is -0.481 e. The molecule has 0 aromatic heterocycles. The minimum absolute atomic E-state index is 0.0248. The third-order valence-corrected chi connectivity index (χ3v) is 3.01. The Bertz CT molecular complexity index is 303. The highest BCUT2D eigenvalue weighted by Gasteiger charge is 2.05. The van der Waals surface area contributed by atoms with Crippen LogP contribution in [0.2, 0.25) is 0 Å². The molecule has 1 rings (SSSR count). The number of carboxylic acids is 1. The second kappa shape index (κ2) is 6.48. The first-order valence-corrected chi connectivity index (χ1v) is 5.93. The van der Waals surface area contributed by atoms with E-state index in [1.165, 1.54) is 17.3 Å². The van der Waals surface area contributed by atoms with Crippen LogP contribution in [0.5, 0.6) is 0 Å². The van der Waals surface area contributed by atoms with Crippen molar-refractivity contribution in [2.24, 2.45) is 5.73 Å². The van der Waals surface area contributed by atoms with Crippen molar-refractivity contribution in [1.29, 1.82) is 0 Å². The second-order valence-electron chi connectivity index (χ2n) is 3.36. The lowest BCUT2D eigenvalue weighted by Crippen LogP contribution is -2.26. The number of carboxylic acid groups (broad SMARTS) is 1. The Kier molecular flexibility index (Phi) is 5.21. The van der Waals surface area contributed by atoms with Crippen molar-refractivity contribution in [3.05, 3.63) is 35.9 Å². The summed E-state index contributed by atoms with van der Waals surface area (Å²) in [6.45, 7) is 0. The molecule has 1 aromatic rings. The summed E-state index contributed by atoms with van der Waals surface area (Å²) in [5.41, 5.74) is 7.07. The third kappa shape index (κ3) is 5.44. The Labute approximate surface area is 93.7 Å². The molecule has 0 aliphatic carbocycles. The van der Waals surface area contributed by atoms with Gasteiger partial charge in [0.25, 0.3) is 0 Å². The topological polar surface area (TPSA) is 63.3 Å². The van der Waals surface area contributed by atoms with Gasteiger partial charge in [0, 0.05) is 11.8 Å². The predicted octanol–water partition coefficient (Wildman–Crippen LogP) is 1.37. The fraction of sp³-hybridized carbons (Fsp3) is 0.364. The van der Waals surface area contributed by atoms with Crippen molar-refractivity contribution in [3.63, 3.8) is 0 Å². The van der Waals surface area contributed by atoms with Crippen LogP contribution in [0, 0.1) is 0 Å². The molecule has 3 N–H and O–H groups in total. The van der Waals surface area contributed by atoms with Gasteiger partial charge in [0.15, 0.2) is 0 Å². The molecule has 0 aliphatic rings. The molecule has 0 spiro atoms. The molecule has 0 amide bonds. The monoisotopic (exact) mass is 225 g/mol. The van der Waals surface area contributed by atoms with Crippen molar-refractivity contribution in [2.45, 2.75) is 12.5 Å². The SMILES string of the molecule is NC(CSCC(=O)O)Cc1ccccc1. The summed E-state index contributed by atoms with van der Waals surface area (Å²) < 4.78 is 0. The fourth-order valence-corrected chi connectivity index (χ4v) is 1.99. The lowest BCUT2D eigenvalue weighted by molar-refractivity contribution is -0.133. The van der Waals surface area contributed by atoms with Crippen LogP contribution in [0.1, 0.15) is 5.56 Å². The number of rotatable bonds is 6. The van der Waals surface area contributed by atoms with Crippen LogP contribution in [-0.2, 0) is 11.2 Å². The van der Waals surface area contributed by atoms with E-state index in [-0.39, 0.29) is 11.8 Å². The van der Waals surface area contributed by atoms with Gasteiger partial charge in [0.1, 0.15) is 0 Å². The van der Waals surface area contributed by atoms with Gasteiger partial charge < -0.3 is 10.8 Å². The summed E-state index contributed by atoms with van der Waals surface area (Å²) in [6, 6.07) is 10.0. The second-order valence-corrected chi connectivity index (χ2v) is 4.39. The number of benzene rings is 1. The van der Waals surface area contributed by atoms with E-state index in [4.69, 9.17) is 10.8 Å². The van der Waals surface area contributed by atoms with Crippen molar-refractivity contribution >= 4 is 17.7 Å². The average molecular weight is 225 g/mol. The molecule has 1 atom stereocenters. The first-order valence-electron chi connectivity index (χ1n) is 4.77. The summed E-state index contributed by atoms with van der Waals surface area (Å²) in [5.74, 6) is 0.0239. The number of thioether (sulfide) groups is 1. The van der Waals surface area contributed by atoms with Crippen molar-refractivity contribution in [3.8, 4) is 0 Å². The van der Waals surface area contributed by atoms with Crippen LogP contribution in [0.4, 0.5) is 0 Å². The van der Waals surface area contributed by atoms with Crippen LogP contribution >= 0.6 is 11.8 Å². The number of carbonyl (C=O) groups is 1. The molecule has 0 saturated heterocycles. The van der Waals surface area contributed by atoms with Crippen molar-refractivity contribution in [1.82, 2.24) is 0 Å². The molecule has 0 bridgehead atoms. The maximum absolute atomic E-state index is 10.3. The number of hydrogen-bond acceptors (Lipinski definition) is 3. The summed E-state index contributed by atoms with van der Waals surface area (Å²) in [7, 11) is 0. The zero-order valence-corrected chi connectivity index (χ0v) is 9.24. The minimum atomic E-state index is -0.785. The van der Waals surface area contributed by atoms with Crippen molar-refractivity contribution < 1.29 is 9.90 Å². The van der Waals surface area contributed by atoms with E-state index in [1.54, 1.807) is 0 Å². The van der Waals surface area contributed by atoms with Gasteiger partial charge in [-0.1, -0.05) is 30.3 Å². The molecule has 3 nitrogen and oxygen atoms in total. The number of hydrogen-bond donors (Lipinski definition) is 2. The zero-order valence-electron chi connectivity index (χ0n) is 8.43. The maximum Gasteiger partial charge on any atom is 0.313 e. The molecule has 0 saturated carbocycles. The summed E-state index contributed by atoms with van der Waals surface area (Å²) >= 11 is 1.36. The Morgan fingerprint density at radius 1 is 1.40 bits per heavy atom. The molecular formula is C11H15NO2S. The summed E-state index contributed by atoms with van der Waals surface area (Å²) in [6.07, 6.45) is 0.799. The first-order chi connectivity index (χ1) is 7.18. The van der Waals surface area contributed by atoms with Gasteiger partial charge in [0.05, 0.1) is 5.75 Å². The number of aliphatic carboxylic acids is 1. The lowest BCUT2D eigenvalue weighted by Gasteiger charge is -2.10. The Morgan fingerprint density at radius 2 is 2.07 bits per heavy atom. The Balaban J connectivity index is 2.24. The molecule has 4 heteroatoms. The van der Waals surface area contributed by atoms with Crippen LogP contribution in [0.15, 0.2) is 30.3 Å². The lowest BCUT2D eigenvalue weighted by atomic mass is 10.1. The molecule has 0 fully saturated rings. The number of nitrogens with two attached hydrogens (primary N) is 1. The molecule has 1 aromatic carbocycles. The largest absolute Gasteiger partial charge is 0.481 e. The average Bonchev–Trinajstić information content (AvgIpc) is 2.18. The highest BCUT2D eigenvalue weighted by atomic mass is 32.2. The van der Waals surface area contributed by atoms with Gasteiger partial charge in [-0.3, -0.25) is 4.79 Å². The highest BCUT2D eigenvalue weighted by Crippen LogP contribution is 2.07. The van der Waals surface area contributed by atoms with E-state index in [0.29, 0.717) is 5.75 Å². The molecule has 1 unspecified atom stereocenters. The Hall–Kier alpha value is -1.00. The van der Waals surface area contributed by atoms with Gasteiger partial charge in [-0.2, -0.15) is 0 Å². The molecule has 0 radical (unpaired) electrons. The van der Waals surface area contributed by atoms with Crippen LogP contribution in [-0.4, -0.2) is 28.6 Å². The van der Waals surface area contributed by atoms with Gasteiger partial charge in [-0.05, 0) is 12.0 Å². The van der Waals surface area contributed by atoms with E-state index in [1.807, 2.05) is 30.3 Å². The van der Waals surface area contributed by atoms with E-state index < -0.39 is 5.97 Å². The first kappa shape index (κ1) is 12.1. The van der Waals surface area contributed by atoms with E-state index in [9.17, 15) is 4.79 Å². The highest BCUT2D eigenvalue weighted by molar-refractivity contribution is 7.99. The third-order valence-electron chi connectivity index (χ3n) is 1.90. The smallest absolute Gasteiger partial charge is 0.313 e. The zero-order chi connectivity index (χ0) is 11.1. The maximum atomic E-state index is 10.3. The summed E-state index contributed by atoms with van der Waals surface area (Å²) in [5, 5.41) is 8.45. The van der Waals surface area contributed by atoms with Gasteiger partial charge in [-0.15, -0.1) is 11.8 Å². The summed E-state index contributed by atoms with van der Waals surface area (Å²) in [4.78, 5) is 10.3. The van der Waals surface area contributed by atoms with Gasteiger partial charge >= 0.3 is 5.97 Å². The van der Waals surface area contributed by atoms with Crippen LogP contribution in [0.25, 0.3) is 0 Å². The molecule has 0 aliphatic heterocycles. The van der Waals surface area contributed by atoms with Crippen LogP contribution < -0.4 is 5.73 Å². The van der Waals surface area contributed by atoms with E-state index in [0.717, 1.165) is 6.42 Å². The van der Waals surface area contributed by atoms with Crippen molar-refractivity contribution in [2.75, 3.05) is 11.5 Å². The molecule has 15 heavy (non-hydrogen) atoms. The molecule has 0 heterocycles. The predicted molar refractivity (Wildman–Crippen MR) is 63.1 cm³/mol. The Morgan fingerprint density at radius 3 is 2.67 bits per heavy atom. The van der Waals surface area contributed by atoms with Gasteiger partial charge in [-0.25, -0.2) is 0 Å². The standard InChI is InChI=1S/C11H15NO2S/c12-10(7-15-8-11(13)14)6-9-4-2-1-3-5-9/h1-5,10H,6-8,12H2,(H,13,14). The fourth-order valence-electron chi connectivity index (χ4n) is 1.27. The molecular weight excluding hydrogens is 210 g/mol. The molecule has 82 valence electrons. The van der Waals surface area contributed by atoms with Gasteiger partial charge in [0.2, 0.25) is 0 Å². The van der Waals surface area contributed by atoms with E-state index >= 15 is 0 Å². The van der Waals surface area contributed by atoms with Crippen LogP contribution in [0.3, 0.4) is 0 Å². The van der Waals surface area contributed by atoms with E-state index in [2.05, 4.69) is 0 Å². The quantitative estimate of drug-likeness (QED) is 0.767.